The van der Waals surface area contributed by atoms with E-state index >= 15 is 0 Å². The number of methoxy groups -OCH3 is 1. The highest BCUT2D eigenvalue weighted by Crippen LogP contribution is 2.17. The SMILES string of the molecule is COCCNC(=O)C(C)S(=O)(=O)Cc1cc(C)ccc1C. The molecule has 1 unspecified atom stereocenters. The van der Waals surface area contributed by atoms with Crippen molar-refractivity contribution in [2.24, 2.45) is 0 Å². The lowest BCUT2D eigenvalue weighted by molar-refractivity contribution is -0.120. The minimum atomic E-state index is -3.54. The summed E-state index contributed by atoms with van der Waals surface area (Å²) in [5.41, 5.74) is 2.66. The van der Waals surface area contributed by atoms with Crippen molar-refractivity contribution in [3.63, 3.8) is 0 Å². The molecular weight excluding hydrogens is 290 g/mol. The molecule has 0 radical (unpaired) electrons. The number of sulfone groups is 1. The molecule has 0 aliphatic carbocycles. The molecule has 118 valence electrons. The van der Waals surface area contributed by atoms with E-state index in [1.807, 2.05) is 32.0 Å². The lowest BCUT2D eigenvalue weighted by atomic mass is 10.1. The van der Waals surface area contributed by atoms with Crippen molar-refractivity contribution in [1.82, 2.24) is 5.32 Å². The number of hydrogen-bond acceptors (Lipinski definition) is 4. The Kier molecular flexibility index (Phi) is 6.36. The second kappa shape index (κ2) is 7.56. The summed E-state index contributed by atoms with van der Waals surface area (Å²) >= 11 is 0. The lowest BCUT2D eigenvalue weighted by Gasteiger charge is -2.14. The maximum absolute atomic E-state index is 12.3. The molecule has 0 fully saturated rings. The van der Waals surface area contributed by atoms with Crippen LogP contribution in [-0.2, 0) is 25.1 Å². The fourth-order valence-electron chi connectivity index (χ4n) is 1.88. The highest BCUT2D eigenvalue weighted by Gasteiger charge is 2.28. The first-order chi connectivity index (χ1) is 9.77. The average molecular weight is 313 g/mol. The van der Waals surface area contributed by atoms with Crippen molar-refractivity contribution in [3.05, 3.63) is 34.9 Å². The highest BCUT2D eigenvalue weighted by atomic mass is 32.2. The number of aryl methyl sites for hydroxylation is 2. The monoisotopic (exact) mass is 313 g/mol. The van der Waals surface area contributed by atoms with Crippen LogP contribution < -0.4 is 5.32 Å². The molecule has 0 spiro atoms. The maximum atomic E-state index is 12.3. The third kappa shape index (κ3) is 5.13. The van der Waals surface area contributed by atoms with Gasteiger partial charge in [-0.15, -0.1) is 0 Å². The number of rotatable bonds is 7. The van der Waals surface area contributed by atoms with Gasteiger partial charge in [-0.25, -0.2) is 8.42 Å². The van der Waals surface area contributed by atoms with Gasteiger partial charge in [-0.2, -0.15) is 0 Å². The second-order valence-electron chi connectivity index (χ2n) is 5.16. The molecule has 1 amide bonds. The van der Waals surface area contributed by atoms with Crippen LogP contribution in [0.15, 0.2) is 18.2 Å². The maximum Gasteiger partial charge on any atom is 0.238 e. The Bertz CT molecular complexity index is 596. The van der Waals surface area contributed by atoms with E-state index < -0.39 is 21.0 Å². The predicted octanol–water partition coefficient (Wildman–Crippen LogP) is 1.37. The number of carbonyl (C=O) groups excluding carboxylic acids is 1. The Morgan fingerprint density at radius 1 is 1.33 bits per heavy atom. The Morgan fingerprint density at radius 2 is 2.00 bits per heavy atom. The van der Waals surface area contributed by atoms with Crippen molar-refractivity contribution in [2.45, 2.75) is 31.8 Å². The fourth-order valence-corrected chi connectivity index (χ4v) is 3.28. The first-order valence-electron chi connectivity index (χ1n) is 6.82. The van der Waals surface area contributed by atoms with Crippen molar-refractivity contribution >= 4 is 15.7 Å². The molecule has 0 aliphatic heterocycles. The summed E-state index contributed by atoms with van der Waals surface area (Å²) in [6, 6.07) is 5.68. The van der Waals surface area contributed by atoms with Gasteiger partial charge in [-0.3, -0.25) is 4.79 Å². The second-order valence-corrected chi connectivity index (χ2v) is 7.48. The zero-order valence-electron chi connectivity index (χ0n) is 13.0. The van der Waals surface area contributed by atoms with Crippen molar-refractivity contribution in [2.75, 3.05) is 20.3 Å². The van der Waals surface area contributed by atoms with Gasteiger partial charge in [0.05, 0.1) is 12.4 Å². The van der Waals surface area contributed by atoms with E-state index in [-0.39, 0.29) is 5.75 Å². The zero-order valence-corrected chi connectivity index (χ0v) is 13.8. The van der Waals surface area contributed by atoms with Gasteiger partial charge in [0.1, 0.15) is 5.25 Å². The van der Waals surface area contributed by atoms with E-state index in [0.29, 0.717) is 13.2 Å². The molecule has 6 heteroatoms. The summed E-state index contributed by atoms with van der Waals surface area (Å²) in [7, 11) is -2.02. The van der Waals surface area contributed by atoms with E-state index in [4.69, 9.17) is 4.74 Å². The molecule has 1 rings (SSSR count). The van der Waals surface area contributed by atoms with Crippen LogP contribution in [0.1, 0.15) is 23.6 Å². The van der Waals surface area contributed by atoms with E-state index in [2.05, 4.69) is 5.32 Å². The molecule has 5 nitrogen and oxygen atoms in total. The van der Waals surface area contributed by atoms with E-state index in [9.17, 15) is 13.2 Å². The summed E-state index contributed by atoms with van der Waals surface area (Å²) in [5.74, 6) is -0.614. The van der Waals surface area contributed by atoms with Gasteiger partial charge in [0, 0.05) is 13.7 Å². The summed E-state index contributed by atoms with van der Waals surface area (Å²) in [4.78, 5) is 11.9. The van der Waals surface area contributed by atoms with Crippen LogP contribution in [0.2, 0.25) is 0 Å². The normalized spacial score (nSPS) is 13.0. The third-order valence-electron chi connectivity index (χ3n) is 3.37. The van der Waals surface area contributed by atoms with Crippen molar-refractivity contribution in [1.29, 1.82) is 0 Å². The molecule has 0 aromatic heterocycles. The molecule has 21 heavy (non-hydrogen) atoms. The number of amides is 1. The minimum absolute atomic E-state index is 0.126. The molecule has 1 N–H and O–H groups in total. The van der Waals surface area contributed by atoms with Gasteiger partial charge < -0.3 is 10.1 Å². The van der Waals surface area contributed by atoms with Crippen LogP contribution in [0, 0.1) is 13.8 Å². The molecule has 1 aromatic carbocycles. The first kappa shape index (κ1) is 17.7. The molecule has 0 aliphatic rings. The molecule has 0 heterocycles. The Labute approximate surface area is 126 Å². The van der Waals surface area contributed by atoms with E-state index in [1.54, 1.807) is 0 Å². The van der Waals surface area contributed by atoms with Crippen LogP contribution in [0.3, 0.4) is 0 Å². The van der Waals surface area contributed by atoms with Crippen molar-refractivity contribution in [3.8, 4) is 0 Å². The van der Waals surface area contributed by atoms with Gasteiger partial charge in [-0.05, 0) is 31.9 Å². The Balaban J connectivity index is 2.80. The van der Waals surface area contributed by atoms with Crippen molar-refractivity contribution < 1.29 is 17.9 Å². The number of ether oxygens (including phenoxy) is 1. The summed E-state index contributed by atoms with van der Waals surface area (Å²) in [5, 5.41) is 1.48. The average Bonchev–Trinajstić information content (AvgIpc) is 2.42. The third-order valence-corrected chi connectivity index (χ3v) is 5.38. The number of nitrogens with one attached hydrogen (secondary N) is 1. The number of hydrogen-bond donors (Lipinski definition) is 1. The lowest BCUT2D eigenvalue weighted by Crippen LogP contribution is -2.39. The van der Waals surface area contributed by atoms with Gasteiger partial charge in [-0.1, -0.05) is 23.8 Å². The molecule has 0 saturated heterocycles. The standard InChI is InChI=1S/C15H23NO4S/c1-11-5-6-12(2)14(9-11)10-21(18,19)13(3)15(17)16-7-8-20-4/h5-6,9,13H,7-8,10H2,1-4H3,(H,16,17). The Hall–Kier alpha value is -1.40. The topological polar surface area (TPSA) is 72.5 Å². The Morgan fingerprint density at radius 3 is 2.62 bits per heavy atom. The number of carbonyl (C=O) groups is 1. The van der Waals surface area contributed by atoms with Gasteiger partial charge in [0.2, 0.25) is 5.91 Å². The van der Waals surface area contributed by atoms with E-state index in [0.717, 1.165) is 16.7 Å². The first-order valence-corrected chi connectivity index (χ1v) is 8.54. The quantitative estimate of drug-likeness (QED) is 0.772. The van der Waals surface area contributed by atoms with E-state index in [1.165, 1.54) is 14.0 Å². The fraction of sp³-hybridized carbons (Fsp3) is 0.533. The molecule has 1 atom stereocenters. The molecular formula is C15H23NO4S. The highest BCUT2D eigenvalue weighted by molar-refractivity contribution is 7.92. The van der Waals surface area contributed by atoms with Crippen LogP contribution in [0.25, 0.3) is 0 Å². The van der Waals surface area contributed by atoms with Crippen LogP contribution in [-0.4, -0.2) is 39.8 Å². The molecule has 0 bridgehead atoms. The largest absolute Gasteiger partial charge is 0.383 e. The smallest absolute Gasteiger partial charge is 0.238 e. The summed E-state index contributed by atoms with van der Waals surface area (Å²) in [6.07, 6.45) is 0. The minimum Gasteiger partial charge on any atom is -0.383 e. The van der Waals surface area contributed by atoms with Crippen LogP contribution >= 0.6 is 0 Å². The summed E-state index contributed by atoms with van der Waals surface area (Å²) < 4.78 is 29.5. The van der Waals surface area contributed by atoms with Gasteiger partial charge in [0.25, 0.3) is 0 Å². The number of benzene rings is 1. The summed E-state index contributed by atoms with van der Waals surface area (Å²) in [6.45, 7) is 5.86. The molecule has 1 aromatic rings. The van der Waals surface area contributed by atoms with Gasteiger partial charge in [0.15, 0.2) is 9.84 Å². The van der Waals surface area contributed by atoms with Crippen LogP contribution in [0.5, 0.6) is 0 Å². The zero-order chi connectivity index (χ0) is 16.0. The predicted molar refractivity (Wildman–Crippen MR) is 82.9 cm³/mol. The molecule has 0 saturated carbocycles. The van der Waals surface area contributed by atoms with Gasteiger partial charge >= 0.3 is 0 Å². The van der Waals surface area contributed by atoms with Crippen LogP contribution in [0.4, 0.5) is 0 Å².